The number of rotatable bonds is 3. The fourth-order valence-corrected chi connectivity index (χ4v) is 2.90. The van der Waals surface area contributed by atoms with Gasteiger partial charge in [-0.15, -0.1) is 0 Å². The molecule has 0 saturated heterocycles. The maximum atomic E-state index is 11.0. The minimum atomic E-state index is -0.959. The fourth-order valence-electron chi connectivity index (χ4n) is 2.90. The second-order valence-corrected chi connectivity index (χ2v) is 5.39. The van der Waals surface area contributed by atoms with Crippen LogP contribution in [0.4, 0.5) is 0 Å². The lowest BCUT2D eigenvalue weighted by Gasteiger charge is -2.31. The van der Waals surface area contributed by atoms with Gasteiger partial charge in [-0.2, -0.15) is 0 Å². The Balaban J connectivity index is 1.96. The number of fused-ring (bicyclic) bond motifs is 1. The second-order valence-electron chi connectivity index (χ2n) is 5.39. The summed E-state index contributed by atoms with van der Waals surface area (Å²) in [4.78, 5) is 0. The van der Waals surface area contributed by atoms with Gasteiger partial charge in [-0.25, -0.2) is 0 Å². The Morgan fingerprint density at radius 1 is 1.15 bits per heavy atom. The number of nitrogens with one attached hydrogen (secondary N) is 1. The van der Waals surface area contributed by atoms with Crippen LogP contribution >= 0.6 is 0 Å². The van der Waals surface area contributed by atoms with Crippen molar-refractivity contribution in [3.8, 4) is 5.75 Å². The average molecular weight is 269 g/mol. The van der Waals surface area contributed by atoms with Crippen LogP contribution in [0.2, 0.25) is 0 Å². The number of methoxy groups -OCH3 is 1. The first-order valence-electron chi connectivity index (χ1n) is 6.81. The van der Waals surface area contributed by atoms with Crippen molar-refractivity contribution in [2.24, 2.45) is 0 Å². The zero-order valence-corrected chi connectivity index (χ0v) is 11.8. The summed E-state index contributed by atoms with van der Waals surface area (Å²) in [6.45, 7) is 2.65. The van der Waals surface area contributed by atoms with Gasteiger partial charge in [-0.3, -0.25) is 0 Å². The van der Waals surface area contributed by atoms with Crippen LogP contribution in [0.3, 0.4) is 0 Å². The molecular weight excluding hydrogens is 250 g/mol. The van der Waals surface area contributed by atoms with Crippen LogP contribution in [-0.2, 0) is 12.1 Å². The zero-order valence-electron chi connectivity index (χ0n) is 11.8. The standard InChI is InChI=1S/C17H19NO2/c1-17(19,13-7-9-14(20-2)10-8-13)16-15-6-4-3-5-12(15)11-18-16/h3-10,16,18-19H,11H2,1-2H3. The Hall–Kier alpha value is -1.84. The minimum absolute atomic E-state index is 0.0907. The van der Waals surface area contributed by atoms with E-state index in [-0.39, 0.29) is 6.04 Å². The maximum Gasteiger partial charge on any atom is 0.118 e. The highest BCUT2D eigenvalue weighted by Gasteiger charge is 2.38. The van der Waals surface area contributed by atoms with Gasteiger partial charge in [0.1, 0.15) is 11.4 Å². The van der Waals surface area contributed by atoms with Gasteiger partial charge >= 0.3 is 0 Å². The molecule has 1 aliphatic heterocycles. The van der Waals surface area contributed by atoms with Crippen molar-refractivity contribution in [2.75, 3.05) is 7.11 Å². The van der Waals surface area contributed by atoms with E-state index < -0.39 is 5.60 Å². The number of hydrogen-bond donors (Lipinski definition) is 2. The fraction of sp³-hybridized carbons (Fsp3) is 0.294. The third-order valence-electron chi connectivity index (χ3n) is 4.10. The minimum Gasteiger partial charge on any atom is -0.497 e. The molecule has 0 amide bonds. The average Bonchev–Trinajstić information content (AvgIpc) is 2.92. The summed E-state index contributed by atoms with van der Waals surface area (Å²) >= 11 is 0. The zero-order chi connectivity index (χ0) is 14.2. The number of benzene rings is 2. The highest BCUT2D eigenvalue weighted by atomic mass is 16.5. The van der Waals surface area contributed by atoms with E-state index in [0.717, 1.165) is 17.9 Å². The summed E-state index contributed by atoms with van der Waals surface area (Å²) in [5.74, 6) is 0.796. The van der Waals surface area contributed by atoms with Gasteiger partial charge in [0.25, 0.3) is 0 Å². The summed E-state index contributed by atoms with van der Waals surface area (Å²) in [6.07, 6.45) is 0. The maximum absolute atomic E-state index is 11.0. The van der Waals surface area contributed by atoms with Gasteiger partial charge in [-0.1, -0.05) is 36.4 Å². The third kappa shape index (κ3) is 2.09. The van der Waals surface area contributed by atoms with Crippen molar-refractivity contribution >= 4 is 0 Å². The molecule has 0 radical (unpaired) electrons. The molecule has 0 saturated carbocycles. The molecule has 0 spiro atoms. The Kier molecular flexibility index (Phi) is 3.24. The van der Waals surface area contributed by atoms with Gasteiger partial charge in [-0.05, 0) is 35.7 Å². The number of hydrogen-bond acceptors (Lipinski definition) is 3. The first-order valence-corrected chi connectivity index (χ1v) is 6.81. The molecule has 3 heteroatoms. The molecule has 0 bridgehead atoms. The Morgan fingerprint density at radius 3 is 2.55 bits per heavy atom. The SMILES string of the molecule is COc1ccc(C(C)(O)C2NCc3ccccc32)cc1. The number of aliphatic hydroxyl groups is 1. The Morgan fingerprint density at radius 2 is 1.85 bits per heavy atom. The van der Waals surface area contributed by atoms with Crippen LogP contribution in [0.25, 0.3) is 0 Å². The topological polar surface area (TPSA) is 41.5 Å². The summed E-state index contributed by atoms with van der Waals surface area (Å²) in [5, 5.41) is 14.4. The smallest absolute Gasteiger partial charge is 0.118 e. The van der Waals surface area contributed by atoms with Crippen LogP contribution in [-0.4, -0.2) is 12.2 Å². The predicted octanol–water partition coefficient (Wildman–Crippen LogP) is 2.75. The molecule has 0 aliphatic carbocycles. The van der Waals surface area contributed by atoms with Crippen molar-refractivity contribution < 1.29 is 9.84 Å². The highest BCUT2D eigenvalue weighted by molar-refractivity contribution is 5.39. The quantitative estimate of drug-likeness (QED) is 0.900. The molecule has 2 N–H and O–H groups in total. The van der Waals surface area contributed by atoms with Crippen molar-refractivity contribution in [2.45, 2.75) is 25.1 Å². The Bertz CT molecular complexity index is 605. The van der Waals surface area contributed by atoms with Crippen LogP contribution < -0.4 is 10.1 Å². The van der Waals surface area contributed by atoms with Crippen LogP contribution in [0, 0.1) is 0 Å². The molecule has 2 aromatic rings. The van der Waals surface area contributed by atoms with Crippen molar-refractivity contribution in [3.63, 3.8) is 0 Å². The lowest BCUT2D eigenvalue weighted by Crippen LogP contribution is -2.35. The highest BCUT2D eigenvalue weighted by Crippen LogP contribution is 2.39. The van der Waals surface area contributed by atoms with Crippen molar-refractivity contribution in [1.82, 2.24) is 5.32 Å². The number of ether oxygens (including phenoxy) is 1. The van der Waals surface area contributed by atoms with Crippen molar-refractivity contribution in [1.29, 1.82) is 0 Å². The molecule has 20 heavy (non-hydrogen) atoms. The molecule has 0 fully saturated rings. The van der Waals surface area contributed by atoms with E-state index in [4.69, 9.17) is 4.74 Å². The van der Waals surface area contributed by atoms with Crippen molar-refractivity contribution in [3.05, 3.63) is 65.2 Å². The first-order chi connectivity index (χ1) is 9.63. The lowest BCUT2D eigenvalue weighted by atomic mass is 9.84. The molecule has 2 aromatic carbocycles. The molecule has 2 unspecified atom stereocenters. The normalized spacial score (nSPS) is 20.2. The van der Waals surface area contributed by atoms with Gasteiger partial charge in [0.15, 0.2) is 0 Å². The molecule has 0 aromatic heterocycles. The largest absolute Gasteiger partial charge is 0.497 e. The molecule has 1 aliphatic rings. The van der Waals surface area contributed by atoms with E-state index in [2.05, 4.69) is 17.4 Å². The monoisotopic (exact) mass is 269 g/mol. The van der Waals surface area contributed by atoms with Crippen LogP contribution in [0.1, 0.15) is 29.7 Å². The van der Waals surface area contributed by atoms with Crippen LogP contribution in [0.15, 0.2) is 48.5 Å². The van der Waals surface area contributed by atoms with Gasteiger partial charge < -0.3 is 15.2 Å². The lowest BCUT2D eigenvalue weighted by molar-refractivity contribution is 0.0177. The molecular formula is C17H19NO2. The predicted molar refractivity (Wildman–Crippen MR) is 78.6 cm³/mol. The first kappa shape index (κ1) is 13.2. The molecule has 3 nitrogen and oxygen atoms in total. The van der Waals surface area contributed by atoms with E-state index >= 15 is 0 Å². The molecule has 1 heterocycles. The van der Waals surface area contributed by atoms with E-state index in [9.17, 15) is 5.11 Å². The summed E-state index contributed by atoms with van der Waals surface area (Å²) in [5.41, 5.74) is 2.35. The van der Waals surface area contributed by atoms with E-state index in [0.29, 0.717) is 0 Å². The molecule has 2 atom stereocenters. The summed E-state index contributed by atoms with van der Waals surface area (Å²) in [6, 6.07) is 15.7. The van der Waals surface area contributed by atoms with Gasteiger partial charge in [0.05, 0.1) is 13.2 Å². The van der Waals surface area contributed by atoms with E-state index in [1.165, 1.54) is 11.1 Å². The third-order valence-corrected chi connectivity index (χ3v) is 4.10. The Labute approximate surface area is 119 Å². The van der Waals surface area contributed by atoms with E-state index in [1.807, 2.05) is 43.3 Å². The van der Waals surface area contributed by atoms with Gasteiger partial charge in [0, 0.05) is 6.54 Å². The summed E-state index contributed by atoms with van der Waals surface area (Å²) in [7, 11) is 1.64. The summed E-state index contributed by atoms with van der Waals surface area (Å²) < 4.78 is 5.17. The van der Waals surface area contributed by atoms with E-state index in [1.54, 1.807) is 7.11 Å². The molecule has 3 rings (SSSR count). The van der Waals surface area contributed by atoms with Crippen LogP contribution in [0.5, 0.6) is 5.75 Å². The van der Waals surface area contributed by atoms with Gasteiger partial charge in [0.2, 0.25) is 0 Å². The second kappa shape index (κ2) is 4.93. The molecule has 104 valence electrons.